The van der Waals surface area contributed by atoms with Gasteiger partial charge in [-0.1, -0.05) is 18.2 Å². The Labute approximate surface area is 192 Å². The van der Waals surface area contributed by atoms with Crippen LogP contribution in [0.1, 0.15) is 68.2 Å². The van der Waals surface area contributed by atoms with Gasteiger partial charge in [-0.15, -0.1) is 6.58 Å². The van der Waals surface area contributed by atoms with E-state index in [1.807, 2.05) is 19.1 Å². The molecular weight excluding hydrogens is 412 g/mol. The molecule has 1 saturated heterocycles. The highest BCUT2D eigenvalue weighted by Gasteiger charge is 2.53. The molecule has 2 N–H and O–H groups in total. The summed E-state index contributed by atoms with van der Waals surface area (Å²) in [4.78, 5) is 39.8. The SMILES string of the molecule is C=CC[C@H](O)[C@H](NC(C)=O)[C@H]1[C@H](C=CC)C[C@@H](C(=O)OC(C)(C)C)N1C(=O)OC(C)(C)C. The molecular formula is C24H40N2O6. The summed E-state index contributed by atoms with van der Waals surface area (Å²) in [5.74, 6) is -1.23. The molecule has 8 heteroatoms. The molecule has 0 bridgehead atoms. The first-order valence-corrected chi connectivity index (χ1v) is 11.0. The fourth-order valence-corrected chi connectivity index (χ4v) is 3.91. The Morgan fingerprint density at radius 2 is 1.72 bits per heavy atom. The summed E-state index contributed by atoms with van der Waals surface area (Å²) < 4.78 is 11.2. The smallest absolute Gasteiger partial charge is 0.411 e. The quantitative estimate of drug-likeness (QED) is 0.453. The number of nitrogens with zero attached hydrogens (tertiary/aromatic N) is 1. The summed E-state index contributed by atoms with van der Waals surface area (Å²) in [5, 5.41) is 13.6. The Morgan fingerprint density at radius 1 is 1.16 bits per heavy atom. The van der Waals surface area contributed by atoms with Crippen LogP contribution in [0.5, 0.6) is 0 Å². The maximum absolute atomic E-state index is 13.3. The number of aliphatic hydroxyl groups excluding tert-OH is 1. The van der Waals surface area contributed by atoms with E-state index in [1.165, 1.54) is 11.8 Å². The summed E-state index contributed by atoms with van der Waals surface area (Å²) >= 11 is 0. The average molecular weight is 453 g/mol. The normalized spacial score (nSPS) is 23.5. The van der Waals surface area contributed by atoms with Crippen molar-refractivity contribution >= 4 is 18.0 Å². The van der Waals surface area contributed by atoms with Crippen LogP contribution in [0.2, 0.25) is 0 Å². The number of nitrogens with one attached hydrogen (secondary N) is 1. The molecule has 0 aromatic rings. The number of carbonyl (C=O) groups excluding carboxylic acids is 3. The third kappa shape index (κ3) is 7.97. The topological polar surface area (TPSA) is 105 Å². The Hall–Kier alpha value is -2.35. The summed E-state index contributed by atoms with van der Waals surface area (Å²) in [7, 11) is 0. The fraction of sp³-hybridized carbons (Fsp3) is 0.708. The predicted molar refractivity (Wildman–Crippen MR) is 123 cm³/mol. The number of allylic oxidation sites excluding steroid dienone is 1. The molecule has 0 aromatic carbocycles. The highest BCUT2D eigenvalue weighted by molar-refractivity contribution is 5.83. The van der Waals surface area contributed by atoms with Crippen molar-refractivity contribution in [1.82, 2.24) is 10.2 Å². The van der Waals surface area contributed by atoms with E-state index in [4.69, 9.17) is 9.47 Å². The molecule has 1 rings (SSSR count). The molecule has 1 fully saturated rings. The van der Waals surface area contributed by atoms with Crippen LogP contribution in [0.4, 0.5) is 4.79 Å². The molecule has 182 valence electrons. The molecule has 1 heterocycles. The van der Waals surface area contributed by atoms with Crippen LogP contribution in [0, 0.1) is 5.92 Å². The molecule has 8 nitrogen and oxygen atoms in total. The maximum Gasteiger partial charge on any atom is 0.411 e. The lowest BCUT2D eigenvalue weighted by Gasteiger charge is -2.39. The molecule has 0 radical (unpaired) electrons. The fourth-order valence-electron chi connectivity index (χ4n) is 3.91. The number of hydrogen-bond donors (Lipinski definition) is 2. The molecule has 2 amide bonds. The van der Waals surface area contributed by atoms with Gasteiger partial charge < -0.3 is 19.9 Å². The van der Waals surface area contributed by atoms with Crippen LogP contribution in [0.25, 0.3) is 0 Å². The predicted octanol–water partition coefficient (Wildman–Crippen LogP) is 3.34. The second-order valence-corrected chi connectivity index (χ2v) is 10.2. The van der Waals surface area contributed by atoms with Crippen molar-refractivity contribution in [2.75, 3.05) is 0 Å². The van der Waals surface area contributed by atoms with E-state index in [1.54, 1.807) is 47.6 Å². The van der Waals surface area contributed by atoms with Crippen molar-refractivity contribution in [3.8, 4) is 0 Å². The first kappa shape index (κ1) is 27.7. The van der Waals surface area contributed by atoms with Crippen LogP contribution in [-0.2, 0) is 19.1 Å². The summed E-state index contributed by atoms with van der Waals surface area (Å²) in [6.45, 7) is 17.3. The largest absolute Gasteiger partial charge is 0.458 e. The van der Waals surface area contributed by atoms with E-state index in [9.17, 15) is 19.5 Å². The van der Waals surface area contributed by atoms with Crippen molar-refractivity contribution < 1.29 is 29.0 Å². The molecule has 5 atom stereocenters. The van der Waals surface area contributed by atoms with Crippen molar-refractivity contribution in [1.29, 1.82) is 0 Å². The lowest BCUT2D eigenvalue weighted by molar-refractivity contribution is -0.160. The van der Waals surface area contributed by atoms with E-state index in [-0.39, 0.29) is 24.7 Å². The van der Waals surface area contributed by atoms with Gasteiger partial charge in [0, 0.05) is 12.8 Å². The second-order valence-electron chi connectivity index (χ2n) is 10.2. The average Bonchev–Trinajstić information content (AvgIpc) is 2.96. The minimum Gasteiger partial charge on any atom is -0.458 e. The Kier molecular flexibility index (Phi) is 9.50. The molecule has 0 aliphatic carbocycles. The van der Waals surface area contributed by atoms with Crippen LogP contribution < -0.4 is 5.32 Å². The summed E-state index contributed by atoms with van der Waals surface area (Å²) in [5.41, 5.74) is -1.55. The minimum atomic E-state index is -1.02. The molecule has 0 saturated carbocycles. The van der Waals surface area contributed by atoms with E-state index < -0.39 is 47.5 Å². The van der Waals surface area contributed by atoms with Crippen molar-refractivity contribution in [3.63, 3.8) is 0 Å². The van der Waals surface area contributed by atoms with Gasteiger partial charge >= 0.3 is 12.1 Å². The van der Waals surface area contributed by atoms with Gasteiger partial charge in [-0.25, -0.2) is 9.59 Å². The third-order valence-electron chi connectivity index (χ3n) is 4.87. The number of hydrogen-bond acceptors (Lipinski definition) is 6. The van der Waals surface area contributed by atoms with E-state index in [0.29, 0.717) is 0 Å². The standard InChI is InChI=1S/C24H40N2O6/c1-10-12-16-14-17(21(29)31-23(4,5)6)26(22(30)32-24(7,8)9)20(16)19(25-15(3)27)18(28)13-11-2/h10-12,16-20,28H,2,13-14H2,1,3-9H3,(H,25,27)/t16-,17+,18+,19+,20-/m1/s1. The van der Waals surface area contributed by atoms with Gasteiger partial charge in [0.1, 0.15) is 17.2 Å². The van der Waals surface area contributed by atoms with Gasteiger partial charge in [0.05, 0.1) is 18.2 Å². The van der Waals surface area contributed by atoms with Crippen molar-refractivity contribution in [2.45, 2.75) is 104 Å². The third-order valence-corrected chi connectivity index (χ3v) is 4.87. The molecule has 0 unspecified atom stereocenters. The zero-order chi connectivity index (χ0) is 24.9. The lowest BCUT2D eigenvalue weighted by atomic mass is 9.88. The van der Waals surface area contributed by atoms with Gasteiger partial charge in [0.2, 0.25) is 5.91 Å². The molecule has 32 heavy (non-hydrogen) atoms. The first-order valence-electron chi connectivity index (χ1n) is 11.0. The Balaban J connectivity index is 3.57. The molecule has 0 aromatic heterocycles. The van der Waals surface area contributed by atoms with Gasteiger partial charge in [0.25, 0.3) is 0 Å². The minimum absolute atomic E-state index is 0.198. The van der Waals surface area contributed by atoms with Crippen LogP contribution in [0.3, 0.4) is 0 Å². The maximum atomic E-state index is 13.3. The van der Waals surface area contributed by atoms with E-state index in [2.05, 4.69) is 11.9 Å². The van der Waals surface area contributed by atoms with Crippen LogP contribution in [-0.4, -0.2) is 63.4 Å². The van der Waals surface area contributed by atoms with Gasteiger partial charge in [-0.05, 0) is 61.3 Å². The van der Waals surface area contributed by atoms with Crippen molar-refractivity contribution in [3.05, 3.63) is 24.8 Å². The number of amides is 2. The summed E-state index contributed by atoms with van der Waals surface area (Å²) in [6, 6.07) is -2.49. The van der Waals surface area contributed by atoms with Crippen LogP contribution >= 0.6 is 0 Å². The number of rotatable bonds is 7. The van der Waals surface area contributed by atoms with Crippen LogP contribution in [0.15, 0.2) is 24.8 Å². The highest BCUT2D eigenvalue weighted by atomic mass is 16.6. The van der Waals surface area contributed by atoms with Gasteiger partial charge in [-0.2, -0.15) is 0 Å². The first-order chi connectivity index (χ1) is 14.6. The number of likely N-dealkylation sites (tertiary alicyclic amines) is 1. The van der Waals surface area contributed by atoms with Gasteiger partial charge in [-0.3, -0.25) is 9.69 Å². The number of aliphatic hydroxyl groups is 1. The zero-order valence-corrected chi connectivity index (χ0v) is 20.7. The Bertz CT molecular complexity index is 719. The van der Waals surface area contributed by atoms with E-state index >= 15 is 0 Å². The zero-order valence-electron chi connectivity index (χ0n) is 20.7. The molecule has 1 aliphatic rings. The number of esters is 1. The van der Waals surface area contributed by atoms with Gasteiger partial charge in [0.15, 0.2) is 0 Å². The number of carbonyl (C=O) groups is 3. The second kappa shape index (κ2) is 11.0. The summed E-state index contributed by atoms with van der Waals surface area (Å²) in [6.07, 6.45) is 4.00. The highest BCUT2D eigenvalue weighted by Crippen LogP contribution is 2.37. The number of ether oxygens (including phenoxy) is 2. The lowest BCUT2D eigenvalue weighted by Crippen LogP contribution is -2.60. The Morgan fingerprint density at radius 3 is 2.16 bits per heavy atom. The molecule has 0 spiro atoms. The molecule has 1 aliphatic heterocycles. The van der Waals surface area contributed by atoms with Crippen molar-refractivity contribution in [2.24, 2.45) is 5.92 Å². The van der Waals surface area contributed by atoms with E-state index in [0.717, 1.165) is 0 Å². The monoisotopic (exact) mass is 452 g/mol.